The molecule has 1 aliphatic heterocycles. The minimum atomic E-state index is -1.53. The van der Waals surface area contributed by atoms with Gasteiger partial charge in [-0.25, -0.2) is 0 Å². The number of amides is 2. The molecule has 65 heavy (non-hydrogen) atoms. The van der Waals surface area contributed by atoms with E-state index < -0.39 is 18.0 Å². The molecule has 9 aromatic rings. The highest BCUT2D eigenvalue weighted by molar-refractivity contribution is 6.39. The second kappa shape index (κ2) is 18.5. The van der Waals surface area contributed by atoms with E-state index in [-0.39, 0.29) is 36.7 Å². The summed E-state index contributed by atoms with van der Waals surface area (Å²) in [5.74, 6) is 0.654. The average Bonchev–Trinajstić information content (AvgIpc) is 3.99. The molecule has 0 saturated heterocycles. The Morgan fingerprint density at radius 3 is 1.55 bits per heavy atom. The molecule has 3 heterocycles. The minimum absolute atomic E-state index is 0.130. The van der Waals surface area contributed by atoms with Crippen LogP contribution in [0.3, 0.4) is 0 Å². The van der Waals surface area contributed by atoms with Crippen LogP contribution in [-0.2, 0) is 35.9 Å². The molecule has 7 aromatic carbocycles. The number of para-hydroxylation sites is 2. The Morgan fingerprint density at radius 1 is 0.538 bits per heavy atom. The summed E-state index contributed by atoms with van der Waals surface area (Å²) < 4.78 is 27.9. The largest absolute Gasteiger partial charge is 0.490 e. The number of carbonyl (C=O) groups excluding carboxylic acids is 2. The standard InChI is InChI=1S/C53H43N3O7.C2H6/c1-33(60-29-34-17-7-3-8-18-34)50(63-32-37-23-13-6-14-24-37)53(59)56-48-39(26-16-28-41(48)62-31-36-21-11-5-12-22-36)43-45-44(51(57)55(2)52(45)58)42-38-25-15-27-40(46(38)54-47(42)49(43)56)61-30-35-19-9-4-10-20-35;1-2/h3-28,53-54,59H,29-32H2,1-2H3;1-2H3/b50-33-;. The van der Waals surface area contributed by atoms with Crippen LogP contribution in [0.1, 0.15) is 70.0 Å². The average molecular weight is 864 g/mol. The molecule has 2 aromatic heterocycles. The summed E-state index contributed by atoms with van der Waals surface area (Å²) in [6, 6.07) is 50.4. The molecule has 0 radical (unpaired) electrons. The maximum absolute atomic E-state index is 14.5. The highest BCUT2D eigenvalue weighted by atomic mass is 16.5. The maximum atomic E-state index is 14.5. The first-order valence-corrected chi connectivity index (χ1v) is 21.8. The fourth-order valence-electron chi connectivity index (χ4n) is 8.56. The van der Waals surface area contributed by atoms with Crippen molar-refractivity contribution in [2.45, 2.75) is 53.4 Å². The fourth-order valence-corrected chi connectivity index (χ4v) is 8.56. The molecule has 0 saturated carbocycles. The van der Waals surface area contributed by atoms with Gasteiger partial charge in [-0.15, -0.1) is 0 Å². The Hall–Kier alpha value is -7.82. The number of H-pyrrole nitrogens is 1. The normalized spacial score (nSPS) is 13.2. The number of rotatable bonds is 14. The van der Waals surface area contributed by atoms with Crippen LogP contribution in [0.4, 0.5) is 0 Å². The smallest absolute Gasteiger partial charge is 0.262 e. The van der Waals surface area contributed by atoms with Crippen molar-refractivity contribution in [2.24, 2.45) is 0 Å². The zero-order valence-corrected chi connectivity index (χ0v) is 36.7. The Balaban J connectivity index is 0.00000263. The van der Waals surface area contributed by atoms with Gasteiger partial charge >= 0.3 is 0 Å². The zero-order chi connectivity index (χ0) is 45.0. The van der Waals surface area contributed by atoms with Crippen LogP contribution in [0, 0.1) is 0 Å². The zero-order valence-electron chi connectivity index (χ0n) is 36.7. The van der Waals surface area contributed by atoms with Crippen LogP contribution in [-0.4, -0.2) is 38.4 Å². The number of fused-ring (bicyclic) bond motifs is 10. The Bertz CT molecular complexity index is 3200. The number of aliphatic hydroxyl groups excluding tert-OH is 1. The van der Waals surface area contributed by atoms with Gasteiger partial charge in [-0.3, -0.25) is 14.5 Å². The molecule has 10 nitrogen and oxygen atoms in total. The maximum Gasteiger partial charge on any atom is 0.262 e. The topological polar surface area (TPSA) is 115 Å². The predicted molar refractivity (Wildman–Crippen MR) is 255 cm³/mol. The van der Waals surface area contributed by atoms with Gasteiger partial charge in [0.15, 0.2) is 12.0 Å². The highest BCUT2D eigenvalue weighted by Crippen LogP contribution is 2.49. The lowest BCUT2D eigenvalue weighted by molar-refractivity contribution is 0.0370. The van der Waals surface area contributed by atoms with Gasteiger partial charge in [0.2, 0.25) is 0 Å². The second-order valence-corrected chi connectivity index (χ2v) is 15.6. The number of aliphatic hydroxyl groups is 1. The Kier molecular flexibility index (Phi) is 12.1. The highest BCUT2D eigenvalue weighted by Gasteiger charge is 2.41. The predicted octanol–water partition coefficient (Wildman–Crippen LogP) is 12.0. The van der Waals surface area contributed by atoms with Crippen LogP contribution >= 0.6 is 0 Å². The molecule has 326 valence electrons. The summed E-state index contributed by atoms with van der Waals surface area (Å²) in [6.45, 7) is 6.66. The number of imide groups is 1. The molecule has 0 bridgehead atoms. The number of hydrogen-bond donors (Lipinski definition) is 2. The number of aromatic amines is 1. The van der Waals surface area contributed by atoms with Crippen LogP contribution in [0.25, 0.3) is 43.6 Å². The van der Waals surface area contributed by atoms with Gasteiger partial charge in [-0.1, -0.05) is 159 Å². The van der Waals surface area contributed by atoms with E-state index in [9.17, 15) is 14.7 Å². The van der Waals surface area contributed by atoms with Crippen LogP contribution < -0.4 is 9.47 Å². The summed E-state index contributed by atoms with van der Waals surface area (Å²) in [4.78, 5) is 33.6. The molecular formula is C55H49N3O7. The minimum Gasteiger partial charge on any atom is -0.490 e. The lowest BCUT2D eigenvalue weighted by Crippen LogP contribution is -2.24. The molecule has 0 fully saturated rings. The molecule has 10 rings (SSSR count). The van der Waals surface area contributed by atoms with Gasteiger partial charge in [0.1, 0.15) is 43.7 Å². The van der Waals surface area contributed by atoms with Gasteiger partial charge in [-0.2, -0.15) is 0 Å². The van der Waals surface area contributed by atoms with E-state index in [1.807, 2.05) is 172 Å². The van der Waals surface area contributed by atoms with Crippen molar-refractivity contribution in [3.05, 3.63) is 203 Å². The van der Waals surface area contributed by atoms with E-state index in [0.29, 0.717) is 67.5 Å². The molecule has 1 unspecified atom stereocenters. The van der Waals surface area contributed by atoms with E-state index >= 15 is 0 Å². The number of carbonyl (C=O) groups is 2. The van der Waals surface area contributed by atoms with Crippen molar-refractivity contribution in [2.75, 3.05) is 7.05 Å². The van der Waals surface area contributed by atoms with E-state index in [2.05, 4.69) is 4.98 Å². The summed E-state index contributed by atoms with van der Waals surface area (Å²) in [7, 11) is 1.50. The van der Waals surface area contributed by atoms with Crippen molar-refractivity contribution >= 4 is 55.4 Å². The van der Waals surface area contributed by atoms with Gasteiger partial charge in [-0.05, 0) is 41.3 Å². The van der Waals surface area contributed by atoms with Crippen molar-refractivity contribution < 1.29 is 33.6 Å². The third-order valence-corrected chi connectivity index (χ3v) is 11.6. The summed E-state index contributed by atoms with van der Waals surface area (Å²) >= 11 is 0. The van der Waals surface area contributed by atoms with Gasteiger partial charge in [0.05, 0.1) is 33.2 Å². The van der Waals surface area contributed by atoms with Gasteiger partial charge in [0.25, 0.3) is 11.8 Å². The second-order valence-electron chi connectivity index (χ2n) is 15.6. The van der Waals surface area contributed by atoms with Crippen LogP contribution in [0.2, 0.25) is 0 Å². The van der Waals surface area contributed by atoms with Crippen LogP contribution in [0.5, 0.6) is 11.5 Å². The first kappa shape index (κ1) is 42.5. The van der Waals surface area contributed by atoms with Crippen molar-refractivity contribution in [1.29, 1.82) is 0 Å². The summed E-state index contributed by atoms with van der Waals surface area (Å²) in [5, 5.41) is 15.5. The number of ether oxygens (including phenoxy) is 4. The molecule has 10 heteroatoms. The van der Waals surface area contributed by atoms with Crippen LogP contribution in [0.15, 0.2) is 169 Å². The SMILES string of the molecule is C/C(OCc1ccccc1)=C(/OCc1ccccc1)C(O)n1c2c(OCc3ccccc3)cccc2c2c3c(c4c5cccc(OCc6ccccc6)c5[nH]c4c21)C(=O)N(C)C3=O.CC. The number of nitrogens with one attached hydrogen (secondary N) is 1. The summed E-state index contributed by atoms with van der Waals surface area (Å²) in [6.07, 6.45) is -1.53. The molecule has 2 N–H and O–H groups in total. The lowest BCUT2D eigenvalue weighted by atomic mass is 9.96. The molecule has 1 aliphatic rings. The third kappa shape index (κ3) is 7.93. The van der Waals surface area contributed by atoms with E-state index in [0.717, 1.165) is 27.2 Å². The van der Waals surface area contributed by atoms with E-state index in [4.69, 9.17) is 18.9 Å². The molecule has 2 amide bonds. The van der Waals surface area contributed by atoms with E-state index in [1.165, 1.54) is 7.05 Å². The molecule has 0 aliphatic carbocycles. The number of hydrogen-bond acceptors (Lipinski definition) is 7. The number of aromatic nitrogens is 2. The molecular weight excluding hydrogens is 815 g/mol. The quantitative estimate of drug-likeness (QED) is 0.0826. The first-order chi connectivity index (χ1) is 31.9. The van der Waals surface area contributed by atoms with E-state index in [1.54, 1.807) is 11.5 Å². The van der Waals surface area contributed by atoms with Gasteiger partial charge < -0.3 is 33.6 Å². The monoisotopic (exact) mass is 863 g/mol. The Morgan fingerprint density at radius 2 is 1.00 bits per heavy atom. The fraction of sp³-hybridized carbons (Fsp3) is 0.164. The number of allylic oxidation sites excluding steroid dienone is 1. The third-order valence-electron chi connectivity index (χ3n) is 11.6. The van der Waals surface area contributed by atoms with Gasteiger partial charge in [0, 0.05) is 28.6 Å². The molecule has 1 atom stereocenters. The number of benzene rings is 7. The van der Waals surface area contributed by atoms with Crippen molar-refractivity contribution in [1.82, 2.24) is 14.5 Å². The van der Waals surface area contributed by atoms with Crippen molar-refractivity contribution in [3.63, 3.8) is 0 Å². The number of nitrogens with zero attached hydrogens (tertiary/aromatic N) is 2. The van der Waals surface area contributed by atoms with Crippen molar-refractivity contribution in [3.8, 4) is 11.5 Å². The lowest BCUT2D eigenvalue weighted by Gasteiger charge is -2.23. The Labute approximate surface area is 376 Å². The summed E-state index contributed by atoms with van der Waals surface area (Å²) in [5.41, 5.74) is 6.41. The molecule has 0 spiro atoms. The first-order valence-electron chi connectivity index (χ1n) is 21.8.